The van der Waals surface area contributed by atoms with Crippen LogP contribution >= 0.6 is 11.6 Å². The van der Waals surface area contributed by atoms with Crippen molar-refractivity contribution in [3.8, 4) is 0 Å². The molecule has 0 radical (unpaired) electrons. The minimum absolute atomic E-state index is 0.103. The van der Waals surface area contributed by atoms with E-state index in [-0.39, 0.29) is 28.4 Å². The second-order valence-corrected chi connectivity index (χ2v) is 5.79. The number of nitro groups is 1. The Balaban J connectivity index is 2.86. The highest BCUT2D eigenvalue weighted by Gasteiger charge is 2.21. The van der Waals surface area contributed by atoms with Crippen LogP contribution in [0.15, 0.2) is 12.1 Å². The molecule has 0 amide bonds. The van der Waals surface area contributed by atoms with Gasteiger partial charge in [0.1, 0.15) is 11.5 Å². The Morgan fingerprint density at radius 2 is 2.15 bits per heavy atom. The van der Waals surface area contributed by atoms with E-state index in [0.29, 0.717) is 13.0 Å². The zero-order chi connectivity index (χ0) is 15.3. The zero-order valence-electron chi connectivity index (χ0n) is 11.4. The van der Waals surface area contributed by atoms with Gasteiger partial charge in [0.2, 0.25) is 0 Å². The molecule has 0 spiro atoms. The average Bonchev–Trinajstić information content (AvgIpc) is 2.37. The Labute approximate surface area is 121 Å². The quantitative estimate of drug-likeness (QED) is 0.596. The summed E-state index contributed by atoms with van der Waals surface area (Å²) in [6.07, 6.45) is 1.42. The van der Waals surface area contributed by atoms with Gasteiger partial charge in [0, 0.05) is 13.2 Å². The predicted octanol–water partition coefficient (Wildman–Crippen LogP) is 3.60. The SMILES string of the molecule is CC(C)(CCCO)CNc1cc(Cl)c(F)cc1[N+](=O)[O-]. The summed E-state index contributed by atoms with van der Waals surface area (Å²) in [5, 5.41) is 22.5. The largest absolute Gasteiger partial charge is 0.396 e. The minimum Gasteiger partial charge on any atom is -0.396 e. The van der Waals surface area contributed by atoms with Gasteiger partial charge in [-0.2, -0.15) is 0 Å². The number of hydrogen-bond donors (Lipinski definition) is 2. The maximum atomic E-state index is 13.3. The molecular formula is C13H18ClFN2O3. The molecule has 0 aromatic heterocycles. The lowest BCUT2D eigenvalue weighted by Gasteiger charge is -2.25. The summed E-state index contributed by atoms with van der Waals surface area (Å²) < 4.78 is 13.3. The fraction of sp³-hybridized carbons (Fsp3) is 0.538. The molecule has 5 nitrogen and oxygen atoms in total. The van der Waals surface area contributed by atoms with Crippen LogP contribution in [-0.2, 0) is 0 Å². The van der Waals surface area contributed by atoms with Gasteiger partial charge >= 0.3 is 0 Å². The number of nitrogens with one attached hydrogen (secondary N) is 1. The molecule has 0 atom stereocenters. The van der Waals surface area contributed by atoms with Crippen molar-refractivity contribution in [2.75, 3.05) is 18.5 Å². The third-order valence-electron chi connectivity index (χ3n) is 3.00. The highest BCUT2D eigenvalue weighted by atomic mass is 35.5. The smallest absolute Gasteiger partial charge is 0.295 e. The van der Waals surface area contributed by atoms with E-state index in [1.807, 2.05) is 13.8 Å². The first kappa shape index (κ1) is 16.7. The Kier molecular flexibility index (Phi) is 5.71. The van der Waals surface area contributed by atoms with Crippen molar-refractivity contribution in [1.82, 2.24) is 0 Å². The maximum Gasteiger partial charge on any atom is 0.295 e. The Morgan fingerprint density at radius 3 is 2.70 bits per heavy atom. The van der Waals surface area contributed by atoms with E-state index in [4.69, 9.17) is 16.7 Å². The minimum atomic E-state index is -0.816. The van der Waals surface area contributed by atoms with E-state index in [1.54, 1.807) is 0 Å². The van der Waals surface area contributed by atoms with Crippen LogP contribution in [0.25, 0.3) is 0 Å². The molecule has 0 aliphatic heterocycles. The van der Waals surface area contributed by atoms with Crippen molar-refractivity contribution >= 4 is 23.0 Å². The molecule has 1 aromatic rings. The molecule has 0 bridgehead atoms. The summed E-state index contributed by atoms with van der Waals surface area (Å²) >= 11 is 5.65. The van der Waals surface area contributed by atoms with Crippen LogP contribution in [-0.4, -0.2) is 23.2 Å². The number of anilines is 1. The summed E-state index contributed by atoms with van der Waals surface area (Å²) in [6, 6.07) is 2.03. The molecule has 7 heteroatoms. The molecule has 0 aliphatic carbocycles. The maximum absolute atomic E-state index is 13.3. The van der Waals surface area contributed by atoms with Gasteiger partial charge in [-0.1, -0.05) is 25.4 Å². The predicted molar refractivity (Wildman–Crippen MR) is 76.7 cm³/mol. The lowest BCUT2D eigenvalue weighted by Crippen LogP contribution is -2.23. The second-order valence-electron chi connectivity index (χ2n) is 5.39. The van der Waals surface area contributed by atoms with Crippen molar-refractivity contribution in [3.63, 3.8) is 0 Å². The molecule has 0 aliphatic rings. The van der Waals surface area contributed by atoms with E-state index in [0.717, 1.165) is 12.5 Å². The number of hydrogen-bond acceptors (Lipinski definition) is 4. The Morgan fingerprint density at radius 1 is 1.50 bits per heavy atom. The van der Waals surface area contributed by atoms with Gasteiger partial charge in [-0.05, 0) is 24.3 Å². The normalized spacial score (nSPS) is 11.4. The van der Waals surface area contributed by atoms with Crippen LogP contribution in [0.1, 0.15) is 26.7 Å². The van der Waals surface area contributed by atoms with E-state index in [2.05, 4.69) is 5.32 Å². The van der Waals surface area contributed by atoms with Gasteiger partial charge in [-0.3, -0.25) is 10.1 Å². The third-order valence-corrected chi connectivity index (χ3v) is 3.29. The van der Waals surface area contributed by atoms with Gasteiger partial charge in [0.15, 0.2) is 0 Å². The van der Waals surface area contributed by atoms with Crippen molar-refractivity contribution in [3.05, 3.63) is 33.1 Å². The molecule has 1 rings (SSSR count). The highest BCUT2D eigenvalue weighted by Crippen LogP contribution is 2.32. The number of rotatable bonds is 7. The first-order valence-electron chi connectivity index (χ1n) is 6.25. The lowest BCUT2D eigenvalue weighted by molar-refractivity contribution is -0.384. The Bertz CT molecular complexity index is 495. The van der Waals surface area contributed by atoms with E-state index in [1.165, 1.54) is 6.07 Å². The number of halogens is 2. The first-order valence-corrected chi connectivity index (χ1v) is 6.63. The molecule has 0 saturated carbocycles. The first-order chi connectivity index (χ1) is 9.26. The summed E-state index contributed by atoms with van der Waals surface area (Å²) in [7, 11) is 0. The summed E-state index contributed by atoms with van der Waals surface area (Å²) in [4.78, 5) is 10.3. The standard InChI is InChI=1S/C13H18ClFN2O3/c1-13(2,4-3-5-18)8-16-11-6-9(14)10(15)7-12(11)17(19)20/h6-7,16,18H,3-5,8H2,1-2H3. The van der Waals surface area contributed by atoms with Crippen LogP contribution < -0.4 is 5.32 Å². The number of benzene rings is 1. The molecule has 0 saturated heterocycles. The fourth-order valence-electron chi connectivity index (χ4n) is 1.81. The summed E-state index contributed by atoms with van der Waals surface area (Å²) in [5.74, 6) is -0.816. The molecule has 0 fully saturated rings. The number of aliphatic hydroxyl groups excluding tert-OH is 1. The van der Waals surface area contributed by atoms with Crippen molar-refractivity contribution < 1.29 is 14.4 Å². The van der Waals surface area contributed by atoms with Crippen LogP contribution in [0.5, 0.6) is 0 Å². The van der Waals surface area contributed by atoms with Gasteiger partial charge in [0.05, 0.1) is 16.0 Å². The van der Waals surface area contributed by atoms with Crippen LogP contribution in [0.3, 0.4) is 0 Å². The van der Waals surface area contributed by atoms with E-state index >= 15 is 0 Å². The lowest BCUT2D eigenvalue weighted by atomic mass is 9.88. The van der Waals surface area contributed by atoms with Gasteiger partial charge in [-0.25, -0.2) is 4.39 Å². The van der Waals surface area contributed by atoms with Crippen molar-refractivity contribution in [2.24, 2.45) is 5.41 Å². The molecule has 1 aromatic carbocycles. The molecular weight excluding hydrogens is 287 g/mol. The monoisotopic (exact) mass is 304 g/mol. The Hall–Kier alpha value is -1.40. The van der Waals surface area contributed by atoms with Gasteiger partial charge in [0.25, 0.3) is 5.69 Å². The molecule has 20 heavy (non-hydrogen) atoms. The molecule has 2 N–H and O–H groups in total. The van der Waals surface area contributed by atoms with Crippen molar-refractivity contribution in [2.45, 2.75) is 26.7 Å². The third kappa shape index (κ3) is 4.61. The topological polar surface area (TPSA) is 75.4 Å². The zero-order valence-corrected chi connectivity index (χ0v) is 12.2. The van der Waals surface area contributed by atoms with Gasteiger partial charge in [-0.15, -0.1) is 0 Å². The highest BCUT2D eigenvalue weighted by molar-refractivity contribution is 6.31. The fourth-order valence-corrected chi connectivity index (χ4v) is 1.97. The average molecular weight is 305 g/mol. The molecule has 112 valence electrons. The van der Waals surface area contributed by atoms with E-state index in [9.17, 15) is 14.5 Å². The molecule has 0 heterocycles. The van der Waals surface area contributed by atoms with Crippen LogP contribution in [0, 0.1) is 21.3 Å². The second kappa shape index (κ2) is 6.85. The summed E-state index contributed by atoms with van der Waals surface area (Å²) in [6.45, 7) is 4.51. The van der Waals surface area contributed by atoms with Crippen LogP contribution in [0.2, 0.25) is 5.02 Å². The van der Waals surface area contributed by atoms with E-state index < -0.39 is 10.7 Å². The number of nitro benzene ring substituents is 1. The van der Waals surface area contributed by atoms with Crippen LogP contribution in [0.4, 0.5) is 15.8 Å². The molecule has 0 unspecified atom stereocenters. The number of nitrogens with zero attached hydrogens (tertiary/aromatic N) is 1. The summed E-state index contributed by atoms with van der Waals surface area (Å²) in [5.41, 5.74) is -0.305. The van der Waals surface area contributed by atoms with Gasteiger partial charge < -0.3 is 10.4 Å². The van der Waals surface area contributed by atoms with Crippen molar-refractivity contribution in [1.29, 1.82) is 0 Å². The number of aliphatic hydroxyl groups is 1.